The SMILES string of the molecule is CCC1(C(=O)O)CCCN1C(=O)C1CCC(NC(=O)OCC2c3ccccc3-c3ccccc32)C1. The zero-order valence-corrected chi connectivity index (χ0v) is 20.0. The lowest BCUT2D eigenvalue weighted by atomic mass is 9.91. The second kappa shape index (κ2) is 9.36. The van der Waals surface area contributed by atoms with Crippen LogP contribution in [0.3, 0.4) is 0 Å². The smallest absolute Gasteiger partial charge is 0.407 e. The van der Waals surface area contributed by atoms with Gasteiger partial charge in [-0.1, -0.05) is 55.5 Å². The molecule has 0 bridgehead atoms. The van der Waals surface area contributed by atoms with Crippen molar-refractivity contribution in [2.75, 3.05) is 13.2 Å². The standard InChI is InChI=1S/C28H32N2O5/c1-2-28(26(32)33)14-7-15-30(28)25(31)18-12-13-19(16-18)29-27(34)35-17-24-22-10-5-3-8-20(22)21-9-4-6-11-23(21)24/h3-6,8-11,18-19,24H,2,7,12-17H2,1H3,(H,29,34)(H,32,33). The molecule has 1 saturated carbocycles. The molecule has 2 N–H and O–H groups in total. The second-order valence-electron chi connectivity index (χ2n) is 9.96. The second-order valence-corrected chi connectivity index (χ2v) is 9.96. The molecule has 2 aliphatic carbocycles. The molecular formula is C28H32N2O5. The first-order valence-electron chi connectivity index (χ1n) is 12.6. The van der Waals surface area contributed by atoms with Gasteiger partial charge in [0.2, 0.25) is 5.91 Å². The fraction of sp³-hybridized carbons (Fsp3) is 0.464. The Balaban J connectivity index is 1.17. The molecule has 5 rings (SSSR count). The Bertz CT molecular complexity index is 1100. The predicted octanol–water partition coefficient (Wildman–Crippen LogP) is 4.55. The van der Waals surface area contributed by atoms with E-state index in [-0.39, 0.29) is 30.4 Å². The summed E-state index contributed by atoms with van der Waals surface area (Å²) >= 11 is 0. The number of nitrogens with one attached hydrogen (secondary N) is 1. The molecule has 2 aromatic rings. The fourth-order valence-corrected chi connectivity index (χ4v) is 6.30. The van der Waals surface area contributed by atoms with Crippen LogP contribution in [0.25, 0.3) is 11.1 Å². The van der Waals surface area contributed by atoms with Crippen LogP contribution in [0.5, 0.6) is 0 Å². The van der Waals surface area contributed by atoms with Gasteiger partial charge in [0.05, 0.1) is 0 Å². The number of carbonyl (C=O) groups is 3. The number of hydrogen-bond donors (Lipinski definition) is 2. The number of carboxylic acids is 1. The number of likely N-dealkylation sites (tertiary alicyclic amines) is 1. The molecule has 1 saturated heterocycles. The molecule has 2 fully saturated rings. The van der Waals surface area contributed by atoms with Gasteiger partial charge in [-0.05, 0) is 60.8 Å². The number of alkyl carbamates (subject to hydrolysis) is 1. The third kappa shape index (κ3) is 4.07. The van der Waals surface area contributed by atoms with Crippen LogP contribution in [0.15, 0.2) is 48.5 Å². The molecule has 0 radical (unpaired) electrons. The molecule has 3 atom stereocenters. The van der Waals surface area contributed by atoms with Gasteiger partial charge in [0.25, 0.3) is 0 Å². The van der Waals surface area contributed by atoms with Crippen LogP contribution in [0.2, 0.25) is 0 Å². The zero-order chi connectivity index (χ0) is 24.6. The number of hydrogen-bond acceptors (Lipinski definition) is 4. The summed E-state index contributed by atoms with van der Waals surface area (Å²) in [6, 6.07) is 16.3. The van der Waals surface area contributed by atoms with Crippen molar-refractivity contribution in [1.82, 2.24) is 10.2 Å². The van der Waals surface area contributed by atoms with E-state index in [1.807, 2.05) is 31.2 Å². The number of rotatable bonds is 6. The van der Waals surface area contributed by atoms with Crippen LogP contribution < -0.4 is 5.32 Å². The maximum absolute atomic E-state index is 13.2. The highest BCUT2D eigenvalue weighted by molar-refractivity contribution is 5.89. The van der Waals surface area contributed by atoms with Gasteiger partial charge < -0.3 is 20.1 Å². The van der Waals surface area contributed by atoms with Gasteiger partial charge in [-0.2, -0.15) is 0 Å². The number of carbonyl (C=O) groups excluding carboxylic acids is 2. The third-order valence-electron chi connectivity index (χ3n) is 8.19. The van der Waals surface area contributed by atoms with E-state index < -0.39 is 17.6 Å². The average molecular weight is 477 g/mol. The minimum absolute atomic E-state index is 0.000550. The topological polar surface area (TPSA) is 95.9 Å². The molecule has 0 spiro atoms. The van der Waals surface area contributed by atoms with Crippen molar-refractivity contribution < 1.29 is 24.2 Å². The van der Waals surface area contributed by atoms with E-state index in [2.05, 4.69) is 29.6 Å². The maximum Gasteiger partial charge on any atom is 0.407 e. The molecule has 3 aliphatic rings. The zero-order valence-electron chi connectivity index (χ0n) is 20.0. The molecule has 2 amide bonds. The fourth-order valence-electron chi connectivity index (χ4n) is 6.30. The van der Waals surface area contributed by atoms with Crippen molar-refractivity contribution >= 4 is 18.0 Å². The van der Waals surface area contributed by atoms with Crippen LogP contribution >= 0.6 is 0 Å². The molecule has 7 nitrogen and oxygen atoms in total. The summed E-state index contributed by atoms with van der Waals surface area (Å²) in [5.74, 6) is -1.28. The number of carboxylic acid groups (broad SMARTS) is 1. The molecular weight excluding hydrogens is 444 g/mol. The maximum atomic E-state index is 13.2. The predicted molar refractivity (Wildman–Crippen MR) is 131 cm³/mol. The Hall–Kier alpha value is -3.35. The third-order valence-corrected chi connectivity index (χ3v) is 8.19. The van der Waals surface area contributed by atoms with Crippen LogP contribution in [-0.4, -0.2) is 52.7 Å². The summed E-state index contributed by atoms with van der Waals surface area (Å²) in [6.45, 7) is 2.57. The van der Waals surface area contributed by atoms with Gasteiger partial charge >= 0.3 is 12.1 Å². The van der Waals surface area contributed by atoms with E-state index in [0.29, 0.717) is 45.1 Å². The lowest BCUT2D eigenvalue weighted by molar-refractivity contribution is -0.158. The van der Waals surface area contributed by atoms with Crippen molar-refractivity contribution in [2.45, 2.75) is 62.9 Å². The summed E-state index contributed by atoms with van der Waals surface area (Å²) in [7, 11) is 0. The van der Waals surface area contributed by atoms with Crippen LogP contribution in [-0.2, 0) is 14.3 Å². The monoisotopic (exact) mass is 476 g/mol. The van der Waals surface area contributed by atoms with Crippen LogP contribution in [0.1, 0.15) is 62.5 Å². The molecule has 0 aromatic heterocycles. The van der Waals surface area contributed by atoms with Crippen molar-refractivity contribution in [3.8, 4) is 11.1 Å². The van der Waals surface area contributed by atoms with E-state index in [1.54, 1.807) is 4.90 Å². The van der Waals surface area contributed by atoms with Crippen molar-refractivity contribution in [3.05, 3.63) is 59.7 Å². The Morgan fingerprint density at radius 3 is 2.34 bits per heavy atom. The molecule has 7 heteroatoms. The van der Waals surface area contributed by atoms with Crippen LogP contribution in [0, 0.1) is 5.92 Å². The highest BCUT2D eigenvalue weighted by atomic mass is 16.5. The first-order valence-corrected chi connectivity index (χ1v) is 12.6. The summed E-state index contributed by atoms with van der Waals surface area (Å²) in [6.07, 6.45) is 2.98. The number of fused-ring (bicyclic) bond motifs is 3. The highest BCUT2D eigenvalue weighted by Gasteiger charge is 2.50. The molecule has 3 unspecified atom stereocenters. The summed E-state index contributed by atoms with van der Waals surface area (Å²) in [5, 5.41) is 12.7. The lowest BCUT2D eigenvalue weighted by Gasteiger charge is -2.35. The molecule has 35 heavy (non-hydrogen) atoms. The van der Waals surface area contributed by atoms with Gasteiger partial charge in [0.15, 0.2) is 0 Å². The van der Waals surface area contributed by atoms with E-state index >= 15 is 0 Å². The Morgan fingerprint density at radius 2 is 1.71 bits per heavy atom. The van der Waals surface area contributed by atoms with E-state index in [0.717, 1.165) is 11.1 Å². The van der Waals surface area contributed by atoms with Crippen molar-refractivity contribution in [1.29, 1.82) is 0 Å². The molecule has 1 aliphatic heterocycles. The Labute approximate surface area is 205 Å². The number of ether oxygens (including phenoxy) is 1. The largest absolute Gasteiger partial charge is 0.479 e. The van der Waals surface area contributed by atoms with Crippen LogP contribution in [0.4, 0.5) is 4.79 Å². The van der Waals surface area contributed by atoms with E-state index in [4.69, 9.17) is 4.74 Å². The number of benzene rings is 2. The quantitative estimate of drug-likeness (QED) is 0.638. The number of aliphatic carboxylic acids is 1. The van der Waals surface area contributed by atoms with Gasteiger partial charge in [-0.3, -0.25) is 4.79 Å². The van der Waals surface area contributed by atoms with Gasteiger partial charge in [0.1, 0.15) is 12.1 Å². The summed E-state index contributed by atoms with van der Waals surface area (Å²) in [5.41, 5.74) is 3.60. The van der Waals surface area contributed by atoms with Gasteiger partial charge in [-0.15, -0.1) is 0 Å². The average Bonchev–Trinajstić information content (AvgIpc) is 3.59. The first kappa shape index (κ1) is 23.4. The highest BCUT2D eigenvalue weighted by Crippen LogP contribution is 2.44. The normalized spacial score (nSPS) is 25.2. The van der Waals surface area contributed by atoms with Gasteiger partial charge in [0, 0.05) is 24.4 Å². The Kier molecular flexibility index (Phi) is 6.26. The minimum Gasteiger partial charge on any atom is -0.479 e. The van der Waals surface area contributed by atoms with E-state index in [1.165, 1.54) is 11.1 Å². The minimum atomic E-state index is -1.09. The molecule has 2 aromatic carbocycles. The molecule has 1 heterocycles. The first-order chi connectivity index (χ1) is 16.9. The molecule has 184 valence electrons. The van der Waals surface area contributed by atoms with Crippen molar-refractivity contribution in [3.63, 3.8) is 0 Å². The Morgan fingerprint density at radius 1 is 1.06 bits per heavy atom. The lowest BCUT2D eigenvalue weighted by Crippen LogP contribution is -2.54. The summed E-state index contributed by atoms with van der Waals surface area (Å²) < 4.78 is 5.66. The number of amides is 2. The number of nitrogens with zero attached hydrogens (tertiary/aromatic N) is 1. The summed E-state index contributed by atoms with van der Waals surface area (Å²) in [4.78, 5) is 39.4. The van der Waals surface area contributed by atoms with Crippen molar-refractivity contribution in [2.24, 2.45) is 5.92 Å². The van der Waals surface area contributed by atoms with E-state index in [9.17, 15) is 19.5 Å². The van der Waals surface area contributed by atoms with Gasteiger partial charge in [-0.25, -0.2) is 9.59 Å².